The molecule has 2 aromatic heterocycles. The van der Waals surface area contributed by atoms with E-state index in [9.17, 15) is 0 Å². The number of nitrogens with one attached hydrogen (secondary N) is 1. The minimum Gasteiger partial charge on any atom is -0.394 e. The van der Waals surface area contributed by atoms with Gasteiger partial charge in [-0.15, -0.1) is 0 Å². The summed E-state index contributed by atoms with van der Waals surface area (Å²) in [6.45, 7) is 0.512. The van der Waals surface area contributed by atoms with Crippen molar-refractivity contribution in [1.29, 1.82) is 0 Å². The second-order valence-corrected chi connectivity index (χ2v) is 4.66. The number of nitrogens with zero attached hydrogens (tertiary/aromatic N) is 4. The maximum Gasteiger partial charge on any atom is 0.141 e. The zero-order valence-corrected chi connectivity index (χ0v) is 11.2. The van der Waals surface area contributed by atoms with E-state index in [1.807, 2.05) is 6.07 Å². The first kappa shape index (κ1) is 12.8. The summed E-state index contributed by atoms with van der Waals surface area (Å²) in [5, 5.41) is 17.7. The van der Waals surface area contributed by atoms with Gasteiger partial charge in [0.2, 0.25) is 0 Å². The quantitative estimate of drug-likeness (QED) is 0.770. The molecule has 0 bridgehead atoms. The Kier molecular flexibility index (Phi) is 3.49. The molecule has 0 aliphatic heterocycles. The van der Waals surface area contributed by atoms with E-state index in [1.54, 1.807) is 29.2 Å². The third-order valence-corrected chi connectivity index (χ3v) is 3.06. The van der Waals surface area contributed by atoms with E-state index in [0.717, 1.165) is 16.6 Å². The molecule has 1 aromatic carbocycles. The average molecular weight is 290 g/mol. The van der Waals surface area contributed by atoms with Crippen molar-refractivity contribution in [2.45, 2.75) is 6.54 Å². The first-order chi connectivity index (χ1) is 9.76. The number of fused-ring (bicyclic) bond motifs is 1. The molecule has 20 heavy (non-hydrogen) atoms. The van der Waals surface area contributed by atoms with Crippen LogP contribution >= 0.6 is 11.6 Å². The highest BCUT2D eigenvalue weighted by molar-refractivity contribution is 6.31. The molecule has 3 rings (SSSR count). The van der Waals surface area contributed by atoms with Gasteiger partial charge in [0.25, 0.3) is 0 Å². The predicted octanol–water partition coefficient (Wildman–Crippen LogP) is 2.22. The van der Waals surface area contributed by atoms with E-state index in [2.05, 4.69) is 20.4 Å². The average Bonchev–Trinajstić information content (AvgIpc) is 2.86. The first-order valence-electron chi connectivity index (χ1n) is 6.07. The molecule has 0 atom stereocenters. The molecule has 0 saturated heterocycles. The summed E-state index contributed by atoms with van der Waals surface area (Å²) in [7, 11) is 0. The molecule has 3 aromatic rings. The number of hydrogen-bond acceptors (Lipinski definition) is 5. The Morgan fingerprint density at radius 2 is 2.20 bits per heavy atom. The van der Waals surface area contributed by atoms with Crippen molar-refractivity contribution >= 4 is 34.0 Å². The van der Waals surface area contributed by atoms with Gasteiger partial charge in [0.15, 0.2) is 0 Å². The van der Waals surface area contributed by atoms with Gasteiger partial charge in [0.1, 0.15) is 12.1 Å². The fourth-order valence-corrected chi connectivity index (χ4v) is 2.09. The Bertz CT molecular complexity index is 742. The number of halogens is 1. The monoisotopic (exact) mass is 289 g/mol. The van der Waals surface area contributed by atoms with E-state index in [0.29, 0.717) is 17.4 Å². The molecule has 102 valence electrons. The summed E-state index contributed by atoms with van der Waals surface area (Å²) in [5.74, 6) is 0.690. The highest BCUT2D eigenvalue weighted by atomic mass is 35.5. The Morgan fingerprint density at radius 1 is 1.30 bits per heavy atom. The summed E-state index contributed by atoms with van der Waals surface area (Å²) in [4.78, 5) is 8.42. The second kappa shape index (κ2) is 5.44. The minimum absolute atomic E-state index is 0.0516. The maximum absolute atomic E-state index is 8.87. The topological polar surface area (TPSA) is 75.9 Å². The molecule has 7 heteroatoms. The van der Waals surface area contributed by atoms with E-state index in [-0.39, 0.29) is 6.61 Å². The molecule has 0 radical (unpaired) electrons. The van der Waals surface area contributed by atoms with Gasteiger partial charge in [-0.25, -0.2) is 9.97 Å². The van der Waals surface area contributed by atoms with Gasteiger partial charge in [0, 0.05) is 16.6 Å². The normalized spacial score (nSPS) is 10.9. The van der Waals surface area contributed by atoms with Gasteiger partial charge in [-0.1, -0.05) is 11.6 Å². The number of hydrogen-bond donors (Lipinski definition) is 2. The highest BCUT2D eigenvalue weighted by Crippen LogP contribution is 2.24. The minimum atomic E-state index is 0.0516. The third-order valence-electron chi connectivity index (χ3n) is 2.82. The number of anilines is 2. The Balaban J connectivity index is 1.93. The van der Waals surface area contributed by atoms with Crippen molar-refractivity contribution in [3.63, 3.8) is 0 Å². The second-order valence-electron chi connectivity index (χ2n) is 4.22. The summed E-state index contributed by atoms with van der Waals surface area (Å²) < 4.78 is 1.66. The van der Waals surface area contributed by atoms with Crippen LogP contribution in [-0.2, 0) is 6.54 Å². The predicted molar refractivity (Wildman–Crippen MR) is 77.1 cm³/mol. The molecule has 2 heterocycles. The van der Waals surface area contributed by atoms with Gasteiger partial charge < -0.3 is 10.4 Å². The highest BCUT2D eigenvalue weighted by Gasteiger charge is 2.06. The number of aliphatic hydroxyl groups excluding tert-OH is 1. The standard InChI is InChI=1S/C13H12ClN5O/c14-9-1-2-11-12(5-9)15-8-16-13(11)18-10-6-17-19(7-10)3-4-20/h1-2,5-8,20H,3-4H2,(H,15,16,18). The Labute approximate surface area is 120 Å². The molecule has 6 nitrogen and oxygen atoms in total. The molecular formula is C13H12ClN5O. The Morgan fingerprint density at radius 3 is 3.05 bits per heavy atom. The van der Waals surface area contributed by atoms with Gasteiger partial charge in [0.05, 0.1) is 30.6 Å². The van der Waals surface area contributed by atoms with E-state index < -0.39 is 0 Å². The van der Waals surface area contributed by atoms with Crippen LogP contribution in [0.3, 0.4) is 0 Å². The van der Waals surface area contributed by atoms with Gasteiger partial charge >= 0.3 is 0 Å². The molecule has 0 amide bonds. The van der Waals surface area contributed by atoms with E-state index >= 15 is 0 Å². The van der Waals surface area contributed by atoms with Crippen molar-refractivity contribution in [2.24, 2.45) is 0 Å². The SMILES string of the molecule is OCCn1cc(Nc2ncnc3cc(Cl)ccc23)cn1. The largest absolute Gasteiger partial charge is 0.394 e. The van der Waals surface area contributed by atoms with Crippen LogP contribution in [0, 0.1) is 0 Å². The van der Waals surface area contributed by atoms with Gasteiger partial charge in [-0.2, -0.15) is 5.10 Å². The number of aliphatic hydroxyl groups is 1. The summed E-state index contributed by atoms with van der Waals surface area (Å²) >= 11 is 5.95. The van der Waals surface area contributed by atoms with Crippen LogP contribution in [0.5, 0.6) is 0 Å². The molecular weight excluding hydrogens is 278 g/mol. The van der Waals surface area contributed by atoms with Crippen LogP contribution < -0.4 is 5.32 Å². The maximum atomic E-state index is 8.87. The fraction of sp³-hybridized carbons (Fsp3) is 0.154. The van der Waals surface area contributed by atoms with Crippen LogP contribution in [0.25, 0.3) is 10.9 Å². The zero-order valence-electron chi connectivity index (χ0n) is 10.5. The van der Waals surface area contributed by atoms with Crippen molar-refractivity contribution in [2.75, 3.05) is 11.9 Å². The number of aromatic nitrogens is 4. The molecule has 0 aliphatic carbocycles. The van der Waals surface area contributed by atoms with Crippen LogP contribution in [0.15, 0.2) is 36.9 Å². The lowest BCUT2D eigenvalue weighted by Gasteiger charge is -2.06. The van der Waals surface area contributed by atoms with Crippen molar-refractivity contribution in [3.05, 3.63) is 41.9 Å². The number of rotatable bonds is 4. The van der Waals surface area contributed by atoms with Crippen LogP contribution in [0.1, 0.15) is 0 Å². The summed E-state index contributed by atoms with van der Waals surface area (Å²) in [6.07, 6.45) is 4.97. The fourth-order valence-electron chi connectivity index (χ4n) is 1.92. The summed E-state index contributed by atoms with van der Waals surface area (Å²) in [5.41, 5.74) is 1.58. The van der Waals surface area contributed by atoms with Crippen molar-refractivity contribution in [3.8, 4) is 0 Å². The van der Waals surface area contributed by atoms with E-state index in [4.69, 9.17) is 16.7 Å². The van der Waals surface area contributed by atoms with Crippen molar-refractivity contribution in [1.82, 2.24) is 19.7 Å². The van der Waals surface area contributed by atoms with Gasteiger partial charge in [-0.05, 0) is 18.2 Å². The molecule has 0 saturated carbocycles. The Hall–Kier alpha value is -2.18. The van der Waals surface area contributed by atoms with Crippen LogP contribution in [0.4, 0.5) is 11.5 Å². The lowest BCUT2D eigenvalue weighted by molar-refractivity contribution is 0.269. The molecule has 0 aliphatic rings. The first-order valence-corrected chi connectivity index (χ1v) is 6.44. The lowest BCUT2D eigenvalue weighted by atomic mass is 10.2. The number of benzene rings is 1. The van der Waals surface area contributed by atoms with E-state index in [1.165, 1.54) is 6.33 Å². The van der Waals surface area contributed by atoms with Crippen LogP contribution in [0.2, 0.25) is 5.02 Å². The summed E-state index contributed by atoms with van der Waals surface area (Å²) in [6, 6.07) is 5.46. The molecule has 2 N–H and O–H groups in total. The molecule has 0 unspecified atom stereocenters. The molecule has 0 fully saturated rings. The van der Waals surface area contributed by atoms with Crippen molar-refractivity contribution < 1.29 is 5.11 Å². The zero-order chi connectivity index (χ0) is 13.9. The lowest BCUT2D eigenvalue weighted by Crippen LogP contribution is -2.01. The van der Waals surface area contributed by atoms with Gasteiger partial charge in [-0.3, -0.25) is 4.68 Å². The smallest absolute Gasteiger partial charge is 0.141 e. The third kappa shape index (κ3) is 2.56. The van der Waals surface area contributed by atoms with Crippen LogP contribution in [-0.4, -0.2) is 31.5 Å². The molecule has 0 spiro atoms.